The Bertz CT molecular complexity index is 357. The molecule has 1 saturated carbocycles. The molecule has 0 aliphatic heterocycles. The van der Waals surface area contributed by atoms with Gasteiger partial charge in [0, 0.05) is 23.0 Å². The minimum absolute atomic E-state index is 0.0113. The molecular weight excluding hydrogens is 234 g/mol. The van der Waals surface area contributed by atoms with Gasteiger partial charge in [0.15, 0.2) is 0 Å². The third kappa shape index (κ3) is 2.49. The number of hydrogen-bond donors (Lipinski definition) is 2. The Labute approximate surface area is 108 Å². The molecule has 1 aliphatic rings. The van der Waals surface area contributed by atoms with E-state index in [4.69, 9.17) is 17.3 Å². The second kappa shape index (κ2) is 5.38. The van der Waals surface area contributed by atoms with Crippen molar-refractivity contribution in [3.05, 3.63) is 34.9 Å². The van der Waals surface area contributed by atoms with E-state index in [1.54, 1.807) is 0 Å². The lowest BCUT2D eigenvalue weighted by Crippen LogP contribution is -2.34. The lowest BCUT2D eigenvalue weighted by molar-refractivity contribution is 0.103. The molecule has 0 radical (unpaired) electrons. The van der Waals surface area contributed by atoms with Crippen LogP contribution >= 0.6 is 11.6 Å². The van der Waals surface area contributed by atoms with Crippen molar-refractivity contribution < 1.29 is 5.11 Å². The predicted molar refractivity (Wildman–Crippen MR) is 71.2 cm³/mol. The van der Waals surface area contributed by atoms with Gasteiger partial charge in [-0.2, -0.15) is 0 Å². The fourth-order valence-electron chi connectivity index (χ4n) is 3.13. The number of aliphatic hydroxyl groups excluding tert-OH is 1. The van der Waals surface area contributed by atoms with Gasteiger partial charge < -0.3 is 10.8 Å². The number of hydrogen-bond acceptors (Lipinski definition) is 2. The van der Waals surface area contributed by atoms with Gasteiger partial charge in [0.1, 0.15) is 0 Å². The summed E-state index contributed by atoms with van der Waals surface area (Å²) in [7, 11) is 0. The molecule has 1 fully saturated rings. The first-order valence-electron chi connectivity index (χ1n) is 6.28. The molecule has 1 aromatic rings. The first kappa shape index (κ1) is 12.9. The van der Waals surface area contributed by atoms with Crippen molar-refractivity contribution in [2.45, 2.75) is 31.6 Å². The molecule has 1 atom stereocenters. The van der Waals surface area contributed by atoms with E-state index in [0.717, 1.165) is 17.9 Å². The largest absolute Gasteiger partial charge is 0.396 e. The fourth-order valence-corrected chi connectivity index (χ4v) is 3.26. The topological polar surface area (TPSA) is 46.2 Å². The molecule has 1 aromatic carbocycles. The molecule has 3 heteroatoms. The zero-order chi connectivity index (χ0) is 12.3. The summed E-state index contributed by atoms with van der Waals surface area (Å²) in [6.07, 6.45) is 4.55. The van der Waals surface area contributed by atoms with Crippen LogP contribution in [0.5, 0.6) is 0 Å². The van der Waals surface area contributed by atoms with E-state index in [1.165, 1.54) is 18.4 Å². The van der Waals surface area contributed by atoms with Crippen LogP contribution in [0.15, 0.2) is 24.3 Å². The molecule has 0 aromatic heterocycles. The van der Waals surface area contributed by atoms with Gasteiger partial charge in [-0.15, -0.1) is 0 Å². The van der Waals surface area contributed by atoms with E-state index in [9.17, 15) is 5.11 Å². The van der Waals surface area contributed by atoms with Gasteiger partial charge in [-0.05, 0) is 37.1 Å². The SMILES string of the molecule is NC[C@@H](c1ccc(Cl)cc1)C1(CO)CCCC1. The van der Waals surface area contributed by atoms with Crippen LogP contribution in [-0.2, 0) is 0 Å². The minimum Gasteiger partial charge on any atom is -0.396 e. The number of rotatable bonds is 4. The van der Waals surface area contributed by atoms with E-state index >= 15 is 0 Å². The van der Waals surface area contributed by atoms with Crippen LogP contribution < -0.4 is 5.73 Å². The first-order valence-corrected chi connectivity index (χ1v) is 6.66. The quantitative estimate of drug-likeness (QED) is 0.867. The van der Waals surface area contributed by atoms with E-state index in [-0.39, 0.29) is 17.9 Å². The normalized spacial score (nSPS) is 20.4. The van der Waals surface area contributed by atoms with Gasteiger partial charge in [-0.3, -0.25) is 0 Å². The molecule has 3 N–H and O–H groups in total. The molecule has 0 saturated heterocycles. The summed E-state index contributed by atoms with van der Waals surface area (Å²) in [5, 5.41) is 10.5. The van der Waals surface area contributed by atoms with Crippen molar-refractivity contribution in [2.24, 2.45) is 11.1 Å². The van der Waals surface area contributed by atoms with Crippen molar-refractivity contribution in [3.8, 4) is 0 Å². The summed E-state index contributed by atoms with van der Waals surface area (Å²) in [4.78, 5) is 0. The van der Waals surface area contributed by atoms with E-state index in [1.807, 2.05) is 24.3 Å². The molecule has 0 unspecified atom stereocenters. The average molecular weight is 254 g/mol. The number of nitrogens with two attached hydrogens (primary N) is 1. The molecular formula is C14H20ClNO. The van der Waals surface area contributed by atoms with Crippen LogP contribution in [0.2, 0.25) is 5.02 Å². The summed E-state index contributed by atoms with van der Waals surface area (Å²) in [6.45, 7) is 0.819. The molecule has 2 nitrogen and oxygen atoms in total. The molecule has 17 heavy (non-hydrogen) atoms. The van der Waals surface area contributed by atoms with E-state index in [2.05, 4.69) is 0 Å². The summed E-state index contributed by atoms with van der Waals surface area (Å²) in [6, 6.07) is 7.88. The van der Waals surface area contributed by atoms with Crippen LogP contribution in [-0.4, -0.2) is 18.3 Å². The molecule has 94 valence electrons. The van der Waals surface area contributed by atoms with Gasteiger partial charge >= 0.3 is 0 Å². The first-order chi connectivity index (χ1) is 8.22. The highest BCUT2D eigenvalue weighted by atomic mass is 35.5. The Morgan fingerprint density at radius 1 is 1.24 bits per heavy atom. The van der Waals surface area contributed by atoms with Gasteiger partial charge in [0.2, 0.25) is 0 Å². The molecule has 1 aliphatic carbocycles. The highest BCUT2D eigenvalue weighted by Gasteiger charge is 2.40. The predicted octanol–water partition coefficient (Wildman–Crippen LogP) is 2.94. The summed E-state index contributed by atoms with van der Waals surface area (Å²) in [5.41, 5.74) is 7.13. The van der Waals surface area contributed by atoms with Crippen LogP contribution in [0.3, 0.4) is 0 Å². The van der Waals surface area contributed by atoms with Gasteiger partial charge in [-0.1, -0.05) is 36.6 Å². The monoisotopic (exact) mass is 253 g/mol. The highest BCUT2D eigenvalue weighted by molar-refractivity contribution is 6.30. The number of aliphatic hydroxyl groups is 1. The summed E-state index contributed by atoms with van der Waals surface area (Å²) in [5.74, 6) is 0.243. The Hall–Kier alpha value is -0.570. The molecule has 0 heterocycles. The van der Waals surface area contributed by atoms with E-state index in [0.29, 0.717) is 6.54 Å². The van der Waals surface area contributed by atoms with Crippen LogP contribution in [0, 0.1) is 5.41 Å². The van der Waals surface area contributed by atoms with Crippen LogP contribution in [0.1, 0.15) is 37.2 Å². The van der Waals surface area contributed by atoms with Crippen molar-refractivity contribution in [3.63, 3.8) is 0 Å². The lowest BCUT2D eigenvalue weighted by atomic mass is 9.71. The number of benzene rings is 1. The van der Waals surface area contributed by atoms with Crippen molar-refractivity contribution in [2.75, 3.05) is 13.2 Å². The maximum Gasteiger partial charge on any atom is 0.0493 e. The Morgan fingerprint density at radius 3 is 2.29 bits per heavy atom. The molecule has 2 rings (SSSR count). The van der Waals surface area contributed by atoms with Gasteiger partial charge in [0.25, 0.3) is 0 Å². The zero-order valence-electron chi connectivity index (χ0n) is 10.0. The Morgan fingerprint density at radius 2 is 1.82 bits per heavy atom. The van der Waals surface area contributed by atoms with Gasteiger partial charge in [-0.25, -0.2) is 0 Å². The second-order valence-corrected chi connectivity index (χ2v) is 5.50. The zero-order valence-corrected chi connectivity index (χ0v) is 10.8. The van der Waals surface area contributed by atoms with Crippen LogP contribution in [0.4, 0.5) is 0 Å². The smallest absolute Gasteiger partial charge is 0.0493 e. The Balaban J connectivity index is 2.28. The Kier molecular flexibility index (Phi) is 4.08. The summed E-state index contributed by atoms with van der Waals surface area (Å²) < 4.78 is 0. The number of halogens is 1. The maximum atomic E-state index is 9.75. The molecule has 0 amide bonds. The second-order valence-electron chi connectivity index (χ2n) is 5.07. The van der Waals surface area contributed by atoms with E-state index < -0.39 is 0 Å². The van der Waals surface area contributed by atoms with Crippen molar-refractivity contribution in [1.82, 2.24) is 0 Å². The molecule has 0 bridgehead atoms. The lowest BCUT2D eigenvalue weighted by Gasteiger charge is -2.35. The third-order valence-corrected chi connectivity index (χ3v) is 4.41. The third-order valence-electron chi connectivity index (χ3n) is 4.16. The molecule has 0 spiro atoms. The fraction of sp³-hybridized carbons (Fsp3) is 0.571. The van der Waals surface area contributed by atoms with Crippen molar-refractivity contribution in [1.29, 1.82) is 0 Å². The maximum absolute atomic E-state index is 9.75. The standard InChI is InChI=1S/C14H20ClNO/c15-12-5-3-11(4-6-12)13(9-16)14(10-17)7-1-2-8-14/h3-6,13,17H,1-2,7-10,16H2/t13-/m0/s1. The minimum atomic E-state index is -0.0113. The van der Waals surface area contributed by atoms with Crippen LogP contribution in [0.25, 0.3) is 0 Å². The average Bonchev–Trinajstić information content (AvgIpc) is 2.82. The van der Waals surface area contributed by atoms with Gasteiger partial charge in [0.05, 0.1) is 0 Å². The summed E-state index contributed by atoms with van der Waals surface area (Å²) >= 11 is 5.91. The van der Waals surface area contributed by atoms with Crippen molar-refractivity contribution >= 4 is 11.6 Å². The highest BCUT2D eigenvalue weighted by Crippen LogP contribution is 2.48.